The largest absolute Gasteiger partial charge is 0.265 e. The normalized spacial score (nSPS) is 11.0. The van der Waals surface area contributed by atoms with Gasteiger partial charge in [0.2, 0.25) is 0 Å². The summed E-state index contributed by atoms with van der Waals surface area (Å²) in [5.74, 6) is 0. The van der Waals surface area contributed by atoms with Crippen LogP contribution in [0.15, 0.2) is 57.9 Å². The van der Waals surface area contributed by atoms with Gasteiger partial charge in [-0.05, 0) is 42.8 Å². The van der Waals surface area contributed by atoms with Crippen LogP contribution in [0.1, 0.15) is 12.0 Å². The van der Waals surface area contributed by atoms with E-state index in [9.17, 15) is 8.42 Å². The molecule has 2 aromatic carbocycles. The molecule has 0 atom stereocenters. The standard InChI is InChI=1S/C16H15BrN2O2S/c1-13-12-15(8-9-16(13)17)22(20,21)19(11-5-10-18)14-6-3-2-4-7-14/h2-4,6-9,12H,5,11H2,1H3. The maximum absolute atomic E-state index is 12.9. The Kier molecular flexibility index (Phi) is 5.22. The third-order valence-corrected chi connectivity index (χ3v) is 5.90. The first-order chi connectivity index (χ1) is 10.5. The molecule has 0 aliphatic carbocycles. The third kappa shape index (κ3) is 3.49. The van der Waals surface area contributed by atoms with E-state index in [1.54, 1.807) is 42.5 Å². The smallest absolute Gasteiger partial charge is 0.264 e. The molecule has 0 aromatic heterocycles. The molecule has 0 N–H and O–H groups in total. The summed E-state index contributed by atoms with van der Waals surface area (Å²) in [6.45, 7) is 1.96. The van der Waals surface area contributed by atoms with Crippen molar-refractivity contribution in [2.24, 2.45) is 0 Å². The fraction of sp³-hybridized carbons (Fsp3) is 0.188. The Bertz CT molecular complexity index is 799. The number of para-hydroxylation sites is 1. The predicted molar refractivity (Wildman–Crippen MR) is 90.1 cm³/mol. The van der Waals surface area contributed by atoms with E-state index in [4.69, 9.17) is 5.26 Å². The fourth-order valence-corrected chi connectivity index (χ4v) is 3.84. The second kappa shape index (κ2) is 6.95. The van der Waals surface area contributed by atoms with E-state index in [0.717, 1.165) is 10.0 Å². The van der Waals surface area contributed by atoms with Crippen LogP contribution in [0, 0.1) is 18.3 Å². The third-order valence-electron chi connectivity index (χ3n) is 3.19. The highest BCUT2D eigenvalue weighted by Crippen LogP contribution is 2.26. The molecule has 0 radical (unpaired) electrons. The molecular formula is C16H15BrN2O2S. The molecule has 114 valence electrons. The van der Waals surface area contributed by atoms with Crippen LogP contribution in [0.3, 0.4) is 0 Å². The molecular weight excluding hydrogens is 364 g/mol. The van der Waals surface area contributed by atoms with Crippen molar-refractivity contribution in [1.82, 2.24) is 0 Å². The van der Waals surface area contributed by atoms with Gasteiger partial charge in [-0.25, -0.2) is 8.42 Å². The molecule has 0 aliphatic rings. The highest BCUT2D eigenvalue weighted by molar-refractivity contribution is 9.10. The van der Waals surface area contributed by atoms with Crippen LogP contribution >= 0.6 is 15.9 Å². The molecule has 2 rings (SSSR count). The highest BCUT2D eigenvalue weighted by atomic mass is 79.9. The average molecular weight is 379 g/mol. The number of anilines is 1. The van der Waals surface area contributed by atoms with Gasteiger partial charge in [0.25, 0.3) is 10.0 Å². The minimum Gasteiger partial charge on any atom is -0.265 e. The van der Waals surface area contributed by atoms with Crippen LogP contribution < -0.4 is 4.31 Å². The minimum absolute atomic E-state index is 0.123. The molecule has 4 nitrogen and oxygen atoms in total. The second-order valence-electron chi connectivity index (χ2n) is 4.73. The van der Waals surface area contributed by atoms with Gasteiger partial charge in [0.15, 0.2) is 0 Å². The molecule has 0 unspecified atom stereocenters. The van der Waals surface area contributed by atoms with Crippen LogP contribution in [-0.4, -0.2) is 15.0 Å². The van der Waals surface area contributed by atoms with Gasteiger partial charge in [-0.3, -0.25) is 4.31 Å². The van der Waals surface area contributed by atoms with Crippen LogP contribution in [0.2, 0.25) is 0 Å². The maximum atomic E-state index is 12.9. The Balaban J connectivity index is 2.49. The van der Waals surface area contributed by atoms with Crippen LogP contribution in [0.4, 0.5) is 5.69 Å². The number of halogens is 1. The van der Waals surface area contributed by atoms with Crippen molar-refractivity contribution < 1.29 is 8.42 Å². The molecule has 0 fully saturated rings. The Labute approximate surface area is 139 Å². The van der Waals surface area contributed by atoms with Gasteiger partial charge in [-0.2, -0.15) is 5.26 Å². The number of rotatable bonds is 5. The summed E-state index contributed by atoms with van der Waals surface area (Å²) in [5, 5.41) is 8.80. The first kappa shape index (κ1) is 16.5. The average Bonchev–Trinajstić information content (AvgIpc) is 2.51. The number of nitrogens with zero attached hydrogens (tertiary/aromatic N) is 2. The Hall–Kier alpha value is -1.84. The summed E-state index contributed by atoms with van der Waals surface area (Å²) in [5.41, 5.74) is 1.40. The molecule has 22 heavy (non-hydrogen) atoms. The van der Waals surface area contributed by atoms with E-state index >= 15 is 0 Å². The predicted octanol–water partition coefficient (Wildman–Crippen LogP) is 3.87. The van der Waals surface area contributed by atoms with Gasteiger partial charge >= 0.3 is 0 Å². The molecule has 0 bridgehead atoms. The second-order valence-corrected chi connectivity index (χ2v) is 7.45. The van der Waals surface area contributed by atoms with Crippen molar-refractivity contribution in [3.05, 3.63) is 58.6 Å². The monoisotopic (exact) mass is 378 g/mol. The lowest BCUT2D eigenvalue weighted by Crippen LogP contribution is -2.32. The van der Waals surface area contributed by atoms with Gasteiger partial charge in [-0.1, -0.05) is 34.1 Å². The molecule has 0 amide bonds. The molecule has 6 heteroatoms. The molecule has 0 saturated heterocycles. The molecule has 0 saturated carbocycles. The van der Waals surface area contributed by atoms with E-state index in [1.165, 1.54) is 4.31 Å². The fourth-order valence-electron chi connectivity index (χ4n) is 2.04. The van der Waals surface area contributed by atoms with E-state index in [1.807, 2.05) is 19.1 Å². The molecule has 0 heterocycles. The summed E-state index contributed by atoms with van der Waals surface area (Å²) in [6.07, 6.45) is 0.129. The van der Waals surface area contributed by atoms with Gasteiger partial charge in [0.1, 0.15) is 0 Å². The summed E-state index contributed by atoms with van der Waals surface area (Å²) in [7, 11) is -3.70. The highest BCUT2D eigenvalue weighted by Gasteiger charge is 2.24. The SMILES string of the molecule is Cc1cc(S(=O)(=O)N(CCC#N)c2ccccc2)ccc1Br. The quantitative estimate of drug-likeness (QED) is 0.793. The number of sulfonamides is 1. The van der Waals surface area contributed by atoms with Crippen molar-refractivity contribution in [3.8, 4) is 6.07 Å². The van der Waals surface area contributed by atoms with Crippen molar-refractivity contribution in [3.63, 3.8) is 0 Å². The zero-order valence-corrected chi connectivity index (χ0v) is 14.4. The number of hydrogen-bond acceptors (Lipinski definition) is 3. The lowest BCUT2D eigenvalue weighted by Gasteiger charge is -2.23. The van der Waals surface area contributed by atoms with Crippen LogP contribution in [-0.2, 0) is 10.0 Å². The van der Waals surface area contributed by atoms with E-state index in [0.29, 0.717) is 5.69 Å². The van der Waals surface area contributed by atoms with Gasteiger partial charge in [0.05, 0.1) is 23.1 Å². The Morgan fingerprint density at radius 1 is 1.18 bits per heavy atom. The van der Waals surface area contributed by atoms with Crippen molar-refractivity contribution >= 4 is 31.6 Å². The zero-order valence-electron chi connectivity index (χ0n) is 12.0. The number of benzene rings is 2. The van der Waals surface area contributed by atoms with E-state index in [2.05, 4.69) is 15.9 Å². The Morgan fingerprint density at radius 2 is 1.86 bits per heavy atom. The molecule has 2 aromatic rings. The number of aryl methyl sites for hydroxylation is 1. The summed E-state index contributed by atoms with van der Waals surface area (Å²) < 4.78 is 27.9. The lowest BCUT2D eigenvalue weighted by atomic mass is 10.2. The van der Waals surface area contributed by atoms with Crippen LogP contribution in [0.25, 0.3) is 0 Å². The summed E-state index contributed by atoms with van der Waals surface area (Å²) in [6, 6.07) is 15.7. The zero-order chi connectivity index (χ0) is 16.2. The van der Waals surface area contributed by atoms with Gasteiger partial charge in [-0.15, -0.1) is 0 Å². The lowest BCUT2D eigenvalue weighted by molar-refractivity contribution is 0.591. The first-order valence-electron chi connectivity index (χ1n) is 6.67. The van der Waals surface area contributed by atoms with E-state index in [-0.39, 0.29) is 17.9 Å². The van der Waals surface area contributed by atoms with Crippen molar-refractivity contribution in [2.75, 3.05) is 10.8 Å². The topological polar surface area (TPSA) is 61.2 Å². The number of hydrogen-bond donors (Lipinski definition) is 0. The molecule has 0 spiro atoms. The van der Waals surface area contributed by atoms with Gasteiger partial charge in [0, 0.05) is 11.0 Å². The molecule has 0 aliphatic heterocycles. The summed E-state index contributed by atoms with van der Waals surface area (Å²) >= 11 is 3.37. The van der Waals surface area contributed by atoms with E-state index < -0.39 is 10.0 Å². The maximum Gasteiger partial charge on any atom is 0.264 e. The van der Waals surface area contributed by atoms with Crippen LogP contribution in [0.5, 0.6) is 0 Å². The first-order valence-corrected chi connectivity index (χ1v) is 8.91. The number of nitriles is 1. The van der Waals surface area contributed by atoms with Gasteiger partial charge < -0.3 is 0 Å². The Morgan fingerprint density at radius 3 is 2.45 bits per heavy atom. The van der Waals surface area contributed by atoms with Crippen molar-refractivity contribution in [1.29, 1.82) is 5.26 Å². The minimum atomic E-state index is -3.70. The summed E-state index contributed by atoms with van der Waals surface area (Å²) in [4.78, 5) is 0.218. The van der Waals surface area contributed by atoms with Crippen molar-refractivity contribution in [2.45, 2.75) is 18.2 Å².